The number of thiol groups is 1. The fraction of sp³-hybridized carbons (Fsp3) is 0.625. The van der Waals surface area contributed by atoms with Gasteiger partial charge in [0, 0.05) is 15.8 Å². The molecule has 0 aromatic heterocycles. The molecule has 3 nitrogen and oxygen atoms in total. The fourth-order valence-electron chi connectivity index (χ4n) is 4.28. The van der Waals surface area contributed by atoms with Gasteiger partial charge in [-0.15, -0.1) is 0 Å². The first-order valence-electron chi connectivity index (χ1n) is 13.4. The molecule has 0 atom stereocenters. The van der Waals surface area contributed by atoms with Gasteiger partial charge in [-0.1, -0.05) is 89.2 Å². The van der Waals surface area contributed by atoms with E-state index in [0.29, 0.717) is 16.2 Å². The Hall–Kier alpha value is -1.27. The van der Waals surface area contributed by atoms with Gasteiger partial charge in [0.05, 0.1) is 0 Å². The van der Waals surface area contributed by atoms with Crippen molar-refractivity contribution in [3.05, 3.63) is 57.1 Å². The number of rotatable bonds is 4. The zero-order valence-corrected chi connectivity index (χ0v) is 28.7. The minimum atomic E-state index is 0.285. The first kappa shape index (κ1) is 36.7. The molecule has 6 heteroatoms. The van der Waals surface area contributed by atoms with Crippen LogP contribution in [0.15, 0.2) is 39.1 Å². The van der Waals surface area contributed by atoms with Gasteiger partial charge in [-0.25, -0.2) is 0 Å². The van der Waals surface area contributed by atoms with Crippen LogP contribution in [0.3, 0.4) is 0 Å². The van der Waals surface area contributed by atoms with Crippen LogP contribution in [-0.2, 0) is 25.7 Å². The normalized spacial score (nSPS) is 12.1. The zero-order chi connectivity index (χ0) is 30.1. The summed E-state index contributed by atoms with van der Waals surface area (Å²) in [7, 11) is 4.34. The van der Waals surface area contributed by atoms with Gasteiger partial charge in [0.15, 0.2) is 0 Å². The topological polar surface area (TPSA) is 64.4 Å². The van der Waals surface area contributed by atoms with Crippen molar-refractivity contribution < 1.29 is 0 Å². The molecule has 0 amide bonds. The average Bonchev–Trinajstić information content (AvgIpc) is 2.65. The summed E-state index contributed by atoms with van der Waals surface area (Å²) in [5, 5.41) is 0. The van der Waals surface area contributed by atoms with Crippen molar-refractivity contribution in [3.8, 4) is 0 Å². The van der Waals surface area contributed by atoms with E-state index in [0.717, 1.165) is 41.5 Å². The Labute approximate surface area is 250 Å². The Balaban J connectivity index is 0.000000654. The molecule has 2 aromatic rings. The standard InChI is InChI=1S/C16H26BrN.C16H27N.BHNS/c1-15(2,3)9-11-7-13(17)14(18)8-12(11)10-16(4,5)6;1-15(2,3)10-12-7-8-14(17)9-13(12)11-16(4,5)6;1-2-3/h7-8H,9-10,18H2,1-6H3;7-9H,10-11,17H2,1-6H3;3H. The van der Waals surface area contributed by atoms with Gasteiger partial charge in [-0.2, -0.15) is 0 Å². The maximum atomic E-state index is 6.03. The number of anilines is 2. The predicted molar refractivity (Wildman–Crippen MR) is 179 cm³/mol. The molecule has 0 spiro atoms. The summed E-state index contributed by atoms with van der Waals surface area (Å²) in [6.07, 6.45) is 4.34. The Morgan fingerprint density at radius 1 is 0.632 bits per heavy atom. The average molecular weight is 604 g/mol. The van der Waals surface area contributed by atoms with Crippen molar-refractivity contribution in [3.63, 3.8) is 0 Å². The molecule has 2 rings (SSSR count). The van der Waals surface area contributed by atoms with Gasteiger partial charge in [0.2, 0.25) is 0 Å². The van der Waals surface area contributed by atoms with Crippen molar-refractivity contribution in [2.45, 2.75) is 109 Å². The molecule has 0 saturated heterocycles. The zero-order valence-electron chi connectivity index (χ0n) is 26.2. The van der Waals surface area contributed by atoms with Crippen molar-refractivity contribution in [1.29, 1.82) is 0 Å². The van der Waals surface area contributed by atoms with Crippen molar-refractivity contribution in [2.75, 3.05) is 11.5 Å². The van der Waals surface area contributed by atoms with E-state index in [4.69, 9.17) is 11.5 Å². The molecule has 1 radical (unpaired) electrons. The molecule has 0 bridgehead atoms. The van der Waals surface area contributed by atoms with E-state index in [1.165, 1.54) is 22.3 Å². The van der Waals surface area contributed by atoms with E-state index in [9.17, 15) is 0 Å². The van der Waals surface area contributed by atoms with E-state index < -0.39 is 0 Å². The molecule has 0 unspecified atom stereocenters. The monoisotopic (exact) mass is 602 g/mol. The van der Waals surface area contributed by atoms with Gasteiger partial charge >= 0.3 is 24.8 Å². The second-order valence-electron chi connectivity index (χ2n) is 15.2. The number of hydrogen-bond donors (Lipinski definition) is 3. The molecule has 213 valence electrons. The van der Waals surface area contributed by atoms with Crippen LogP contribution in [0.2, 0.25) is 0 Å². The van der Waals surface area contributed by atoms with Crippen LogP contribution >= 0.6 is 28.7 Å². The number of halogens is 1. The van der Waals surface area contributed by atoms with Gasteiger partial charge in [0.25, 0.3) is 0 Å². The van der Waals surface area contributed by atoms with Crippen molar-refractivity contribution >= 4 is 47.8 Å². The van der Waals surface area contributed by atoms with Crippen molar-refractivity contribution in [1.82, 2.24) is 0 Å². The molecule has 2 aromatic carbocycles. The van der Waals surface area contributed by atoms with Crippen LogP contribution in [0.4, 0.5) is 11.4 Å². The Bertz CT molecular complexity index is 982. The molecular weight excluding hydrogens is 549 g/mol. The Morgan fingerprint density at radius 3 is 1.32 bits per heavy atom. The number of nitrogen functional groups attached to an aromatic ring is 2. The molecule has 38 heavy (non-hydrogen) atoms. The van der Waals surface area contributed by atoms with Gasteiger partial charge in [-0.3, -0.25) is 0 Å². The Kier molecular flexibility index (Phi) is 14.4. The summed E-state index contributed by atoms with van der Waals surface area (Å²) < 4.78 is 3.71. The third kappa shape index (κ3) is 17.3. The Morgan fingerprint density at radius 2 is 0.947 bits per heavy atom. The molecule has 0 aliphatic carbocycles. The first-order chi connectivity index (χ1) is 17.0. The summed E-state index contributed by atoms with van der Waals surface area (Å²) in [6.45, 7) is 27.3. The number of benzene rings is 2. The summed E-state index contributed by atoms with van der Waals surface area (Å²) in [4.78, 5) is 0. The molecule has 0 saturated carbocycles. The molecule has 0 aliphatic heterocycles. The quantitative estimate of drug-likeness (QED) is 0.185. The minimum absolute atomic E-state index is 0.285. The number of hydrogen-bond acceptors (Lipinski definition) is 4. The van der Waals surface area contributed by atoms with Crippen LogP contribution in [-0.4, -0.2) is 7.64 Å². The van der Waals surface area contributed by atoms with E-state index >= 15 is 0 Å². The fourth-order valence-corrected chi connectivity index (χ4v) is 4.67. The van der Waals surface area contributed by atoms with Crippen LogP contribution in [0.1, 0.15) is 105 Å². The van der Waals surface area contributed by atoms with Gasteiger partial charge in [0.1, 0.15) is 0 Å². The summed E-state index contributed by atoms with van der Waals surface area (Å²) in [6, 6.07) is 10.7. The van der Waals surface area contributed by atoms with Crippen LogP contribution in [0, 0.1) is 21.7 Å². The van der Waals surface area contributed by atoms with Gasteiger partial charge in [-0.05, 0) is 110 Å². The van der Waals surface area contributed by atoms with Crippen LogP contribution in [0.25, 0.3) is 0 Å². The first-order valence-corrected chi connectivity index (χ1v) is 14.6. The van der Waals surface area contributed by atoms with E-state index in [1.807, 2.05) is 6.07 Å². The third-order valence-corrected chi connectivity index (χ3v) is 6.12. The second kappa shape index (κ2) is 14.9. The van der Waals surface area contributed by atoms with E-state index in [2.05, 4.69) is 148 Å². The summed E-state index contributed by atoms with van der Waals surface area (Å²) in [5.74, 6) is 0. The van der Waals surface area contributed by atoms with Gasteiger partial charge < -0.3 is 11.5 Å². The second-order valence-corrected chi connectivity index (χ2v) is 16.3. The summed E-state index contributed by atoms with van der Waals surface area (Å²) in [5.41, 5.74) is 20.5. The number of nitrogens with two attached hydrogens (primary N) is 2. The van der Waals surface area contributed by atoms with Crippen LogP contribution in [0.5, 0.6) is 0 Å². The number of nitrogens with zero attached hydrogens (tertiary/aromatic N) is 1. The molecule has 0 aliphatic rings. The molecular formula is C32H54BBrN3S. The maximum absolute atomic E-state index is 6.03. The molecule has 0 heterocycles. The van der Waals surface area contributed by atoms with E-state index in [-0.39, 0.29) is 5.41 Å². The summed E-state index contributed by atoms with van der Waals surface area (Å²) >= 11 is 6.73. The van der Waals surface area contributed by atoms with Crippen LogP contribution < -0.4 is 11.5 Å². The SMILES string of the molecule is CC(C)(C)Cc1cc(N)c(Br)cc1CC(C)(C)C.CC(C)(C)Cc1ccc(N)cc1CC(C)(C)C.[B]=NS. The molecule has 0 fully saturated rings. The van der Waals surface area contributed by atoms with Crippen molar-refractivity contribution in [2.24, 2.45) is 26.0 Å². The third-order valence-electron chi connectivity index (χ3n) is 5.43. The predicted octanol–water partition coefficient (Wildman–Crippen LogP) is 9.84. The van der Waals surface area contributed by atoms with E-state index in [1.54, 1.807) is 0 Å². The molecule has 4 N–H and O–H groups in total.